The van der Waals surface area contributed by atoms with Gasteiger partial charge in [-0.25, -0.2) is 22.6 Å². The van der Waals surface area contributed by atoms with Gasteiger partial charge >= 0.3 is 5.97 Å². The van der Waals surface area contributed by atoms with Crippen molar-refractivity contribution in [1.82, 2.24) is 15.2 Å². The molecule has 11 heteroatoms. The van der Waals surface area contributed by atoms with Crippen LogP contribution in [0.1, 0.15) is 32.3 Å². The van der Waals surface area contributed by atoms with Crippen LogP contribution >= 0.6 is 0 Å². The number of nitrogens with one attached hydrogen (secondary N) is 2. The highest BCUT2D eigenvalue weighted by atomic mass is 32.2. The lowest BCUT2D eigenvalue weighted by Gasteiger charge is -2.26. The third kappa shape index (κ3) is 6.75. The third-order valence-electron chi connectivity index (χ3n) is 5.25. The van der Waals surface area contributed by atoms with Crippen LogP contribution in [0.15, 0.2) is 53.4 Å². The lowest BCUT2D eigenvalue weighted by Crippen LogP contribution is -2.54. The first-order valence-electron chi connectivity index (χ1n) is 10.9. The molecule has 1 aliphatic rings. The minimum Gasteiger partial charge on any atom is -0.508 e. The van der Waals surface area contributed by atoms with Crippen LogP contribution in [-0.2, 0) is 30.8 Å². The van der Waals surface area contributed by atoms with Crippen LogP contribution in [-0.4, -0.2) is 55.1 Å². The molecule has 0 aromatic heterocycles. The lowest BCUT2D eigenvalue weighted by atomic mass is 10.0. The molecule has 0 aliphatic carbocycles. The fourth-order valence-electron chi connectivity index (χ4n) is 3.61. The normalized spacial score (nSPS) is 17.5. The van der Waals surface area contributed by atoms with Crippen molar-refractivity contribution >= 4 is 21.9 Å². The first kappa shape index (κ1) is 25.6. The Morgan fingerprint density at radius 1 is 1.15 bits per heavy atom. The summed E-state index contributed by atoms with van der Waals surface area (Å²) >= 11 is 0. The molecule has 9 nitrogen and oxygen atoms in total. The van der Waals surface area contributed by atoms with Crippen molar-refractivity contribution in [3.8, 4) is 5.75 Å². The number of halogens is 1. The standard InChI is InChI=1S/C23H28FN3O6S/c1-15(2)33-23(30)20(14-16-5-9-18(28)10-6-16)25-22(29)21-4-3-13-27(21)26-34(31,32)19-11-7-17(24)8-12-19/h5-12,15,20-21,26,28H,3-4,13-14H2,1-2H3,(H,25,29)/t20?,21-/m0/s1. The van der Waals surface area contributed by atoms with Gasteiger partial charge in [0.25, 0.3) is 10.0 Å². The number of benzene rings is 2. The minimum absolute atomic E-state index is 0.0733. The van der Waals surface area contributed by atoms with Gasteiger partial charge in [0, 0.05) is 13.0 Å². The number of nitrogens with zero attached hydrogens (tertiary/aromatic N) is 1. The smallest absolute Gasteiger partial charge is 0.329 e. The van der Waals surface area contributed by atoms with E-state index < -0.39 is 45.9 Å². The molecule has 2 atom stereocenters. The molecule has 0 radical (unpaired) electrons. The predicted octanol–water partition coefficient (Wildman–Crippen LogP) is 1.87. The number of aromatic hydroxyl groups is 1. The average molecular weight is 494 g/mol. The first-order chi connectivity index (χ1) is 16.0. The number of ether oxygens (including phenoxy) is 1. The molecule has 1 unspecified atom stereocenters. The van der Waals surface area contributed by atoms with E-state index in [0.717, 1.165) is 24.3 Å². The molecule has 3 rings (SSSR count). The molecule has 1 saturated heterocycles. The fraction of sp³-hybridized carbons (Fsp3) is 0.391. The highest BCUT2D eigenvalue weighted by molar-refractivity contribution is 7.89. The van der Waals surface area contributed by atoms with Gasteiger partial charge in [-0.05, 0) is 68.7 Å². The number of hydrazine groups is 1. The van der Waals surface area contributed by atoms with E-state index in [4.69, 9.17) is 4.74 Å². The van der Waals surface area contributed by atoms with Gasteiger partial charge < -0.3 is 15.2 Å². The third-order valence-corrected chi connectivity index (χ3v) is 6.61. The Balaban J connectivity index is 1.73. The quantitative estimate of drug-likeness (QED) is 0.456. The van der Waals surface area contributed by atoms with Gasteiger partial charge in [-0.1, -0.05) is 12.1 Å². The number of carbonyl (C=O) groups is 2. The first-order valence-corrected chi connectivity index (χ1v) is 12.4. The van der Waals surface area contributed by atoms with Crippen LogP contribution in [0.4, 0.5) is 4.39 Å². The Bertz CT molecular complexity index is 1110. The maximum Gasteiger partial charge on any atom is 0.329 e. The topological polar surface area (TPSA) is 125 Å². The number of rotatable bonds is 9. The molecule has 0 bridgehead atoms. The van der Waals surface area contributed by atoms with Crippen LogP contribution < -0.4 is 10.1 Å². The molecule has 1 aliphatic heterocycles. The summed E-state index contributed by atoms with van der Waals surface area (Å²) in [7, 11) is -4.03. The fourth-order valence-corrected chi connectivity index (χ4v) is 4.74. The Hall–Kier alpha value is -3.02. The molecule has 0 spiro atoms. The summed E-state index contributed by atoms with van der Waals surface area (Å²) in [5.74, 6) is -1.63. The molecule has 2 aromatic rings. The molecule has 1 heterocycles. The number of amides is 1. The van der Waals surface area contributed by atoms with Crippen LogP contribution in [0.2, 0.25) is 0 Å². The van der Waals surface area contributed by atoms with Gasteiger partial charge in [0.2, 0.25) is 5.91 Å². The molecule has 184 valence electrons. The van der Waals surface area contributed by atoms with Crippen molar-refractivity contribution < 1.29 is 32.2 Å². The van der Waals surface area contributed by atoms with Gasteiger partial charge in [-0.15, -0.1) is 4.83 Å². The summed E-state index contributed by atoms with van der Waals surface area (Å²) in [6.07, 6.45) is 0.676. The van der Waals surface area contributed by atoms with E-state index in [0.29, 0.717) is 18.4 Å². The Labute approximate surface area is 197 Å². The Morgan fingerprint density at radius 2 is 1.79 bits per heavy atom. The minimum atomic E-state index is -4.03. The van der Waals surface area contributed by atoms with E-state index in [-0.39, 0.29) is 23.6 Å². The monoisotopic (exact) mass is 493 g/mol. The number of esters is 1. The largest absolute Gasteiger partial charge is 0.508 e. The van der Waals surface area contributed by atoms with Crippen LogP contribution in [0, 0.1) is 5.82 Å². The lowest BCUT2D eigenvalue weighted by molar-refractivity contribution is -0.151. The van der Waals surface area contributed by atoms with Crippen LogP contribution in [0.25, 0.3) is 0 Å². The maximum atomic E-state index is 13.2. The molecule has 2 aromatic carbocycles. The molecule has 3 N–H and O–H groups in total. The van der Waals surface area contributed by atoms with E-state index in [9.17, 15) is 27.5 Å². The molecular weight excluding hydrogens is 465 g/mol. The zero-order valence-corrected chi connectivity index (χ0v) is 19.7. The second-order valence-electron chi connectivity index (χ2n) is 8.32. The summed E-state index contributed by atoms with van der Waals surface area (Å²) in [5, 5.41) is 13.5. The molecule has 1 amide bonds. The van der Waals surface area contributed by atoms with Crippen molar-refractivity contribution in [2.24, 2.45) is 0 Å². The van der Waals surface area contributed by atoms with Gasteiger partial charge in [0.05, 0.1) is 11.0 Å². The summed E-state index contributed by atoms with van der Waals surface area (Å²) < 4.78 is 43.8. The van der Waals surface area contributed by atoms with Crippen molar-refractivity contribution in [3.05, 3.63) is 59.9 Å². The van der Waals surface area contributed by atoms with Crippen molar-refractivity contribution in [2.45, 2.75) is 56.2 Å². The summed E-state index contributed by atoms with van der Waals surface area (Å²) in [5.41, 5.74) is 0.698. The van der Waals surface area contributed by atoms with Gasteiger partial charge in [0.15, 0.2) is 0 Å². The van der Waals surface area contributed by atoms with E-state index >= 15 is 0 Å². The van der Waals surface area contributed by atoms with E-state index in [1.165, 1.54) is 17.1 Å². The Kier molecular flexibility index (Phi) is 8.24. The van der Waals surface area contributed by atoms with Crippen LogP contribution in [0.3, 0.4) is 0 Å². The maximum absolute atomic E-state index is 13.2. The number of phenols is 1. The highest BCUT2D eigenvalue weighted by Crippen LogP contribution is 2.19. The number of hydrogen-bond donors (Lipinski definition) is 3. The van der Waals surface area contributed by atoms with Crippen LogP contribution in [0.5, 0.6) is 5.75 Å². The van der Waals surface area contributed by atoms with Gasteiger partial charge in [-0.3, -0.25) is 4.79 Å². The highest BCUT2D eigenvalue weighted by Gasteiger charge is 2.36. The molecule has 0 saturated carbocycles. The van der Waals surface area contributed by atoms with Crippen molar-refractivity contribution in [2.75, 3.05) is 6.54 Å². The van der Waals surface area contributed by atoms with E-state index in [2.05, 4.69) is 10.1 Å². The number of sulfonamides is 1. The predicted molar refractivity (Wildman–Crippen MR) is 121 cm³/mol. The van der Waals surface area contributed by atoms with E-state index in [1.54, 1.807) is 26.0 Å². The zero-order valence-electron chi connectivity index (χ0n) is 18.9. The zero-order chi connectivity index (χ0) is 24.9. The second-order valence-corrected chi connectivity index (χ2v) is 9.98. The summed E-state index contributed by atoms with van der Waals surface area (Å²) in [4.78, 5) is 28.0. The Morgan fingerprint density at radius 3 is 2.41 bits per heavy atom. The SMILES string of the molecule is CC(C)OC(=O)C(Cc1ccc(O)cc1)NC(=O)[C@@H]1CCCN1NS(=O)(=O)c1ccc(F)cc1. The van der Waals surface area contributed by atoms with Crippen molar-refractivity contribution in [3.63, 3.8) is 0 Å². The molecule has 34 heavy (non-hydrogen) atoms. The van der Waals surface area contributed by atoms with Gasteiger partial charge in [0.1, 0.15) is 23.7 Å². The number of carbonyl (C=O) groups excluding carboxylic acids is 2. The molecule has 1 fully saturated rings. The van der Waals surface area contributed by atoms with Crippen molar-refractivity contribution in [1.29, 1.82) is 0 Å². The second kappa shape index (κ2) is 10.9. The van der Waals surface area contributed by atoms with Gasteiger partial charge in [-0.2, -0.15) is 0 Å². The van der Waals surface area contributed by atoms with E-state index in [1.807, 2.05) is 0 Å². The number of hydrogen-bond acceptors (Lipinski definition) is 7. The summed E-state index contributed by atoms with van der Waals surface area (Å²) in [6.45, 7) is 3.68. The summed E-state index contributed by atoms with van der Waals surface area (Å²) in [6, 6.07) is 8.73. The average Bonchev–Trinajstić information content (AvgIpc) is 3.22. The number of phenolic OH excluding ortho intramolecular Hbond substituents is 1. The molecular formula is C23H28FN3O6S.